The number of hydrogen-bond acceptors (Lipinski definition) is 2. The molecule has 0 rings (SSSR count). The molecule has 0 aromatic carbocycles. The van der Waals surface area contributed by atoms with Crippen LogP contribution in [0.5, 0.6) is 0 Å². The Labute approximate surface area is 73.9 Å². The van der Waals surface area contributed by atoms with E-state index in [1.165, 1.54) is 0 Å². The standard InChI is InChI=1S/C6H11IO3/c1-3-5(7)4(2)10-6(8)9/h4-5H,3H2,1-2H3,(H,8,9). The molecule has 0 aromatic rings. The topological polar surface area (TPSA) is 46.5 Å². The molecular weight excluding hydrogens is 247 g/mol. The maximum absolute atomic E-state index is 10.0. The maximum atomic E-state index is 10.0. The van der Waals surface area contributed by atoms with E-state index in [2.05, 4.69) is 27.3 Å². The Bertz CT molecular complexity index is 116. The van der Waals surface area contributed by atoms with Crippen molar-refractivity contribution in [2.24, 2.45) is 0 Å². The Balaban J connectivity index is 3.61. The number of halogens is 1. The van der Waals surface area contributed by atoms with Crippen LogP contribution in [0.4, 0.5) is 4.79 Å². The van der Waals surface area contributed by atoms with Crippen LogP contribution < -0.4 is 0 Å². The van der Waals surface area contributed by atoms with Gasteiger partial charge in [0.1, 0.15) is 6.10 Å². The largest absolute Gasteiger partial charge is 0.506 e. The molecule has 0 aliphatic rings. The van der Waals surface area contributed by atoms with Gasteiger partial charge in [0.15, 0.2) is 0 Å². The fourth-order valence-electron chi connectivity index (χ4n) is 0.565. The summed E-state index contributed by atoms with van der Waals surface area (Å²) in [4.78, 5) is 10.0. The number of ether oxygens (including phenoxy) is 1. The van der Waals surface area contributed by atoms with Gasteiger partial charge in [-0.25, -0.2) is 4.79 Å². The van der Waals surface area contributed by atoms with Crippen molar-refractivity contribution >= 4 is 28.7 Å². The third-order valence-corrected chi connectivity index (χ3v) is 3.08. The van der Waals surface area contributed by atoms with E-state index in [1.54, 1.807) is 6.92 Å². The lowest BCUT2D eigenvalue weighted by molar-refractivity contribution is 0.0595. The summed E-state index contributed by atoms with van der Waals surface area (Å²) in [5.41, 5.74) is 0. The summed E-state index contributed by atoms with van der Waals surface area (Å²) < 4.78 is 4.78. The van der Waals surface area contributed by atoms with Gasteiger partial charge in [-0.3, -0.25) is 0 Å². The first-order valence-corrected chi connectivity index (χ1v) is 4.36. The highest BCUT2D eigenvalue weighted by Crippen LogP contribution is 2.13. The Morgan fingerprint density at radius 1 is 1.80 bits per heavy atom. The van der Waals surface area contributed by atoms with Gasteiger partial charge >= 0.3 is 6.16 Å². The Hall–Kier alpha value is 0. The zero-order valence-electron chi connectivity index (χ0n) is 6.00. The lowest BCUT2D eigenvalue weighted by atomic mass is 10.2. The summed E-state index contributed by atoms with van der Waals surface area (Å²) in [6.07, 6.45) is -0.472. The van der Waals surface area contributed by atoms with Crippen molar-refractivity contribution in [1.29, 1.82) is 0 Å². The highest BCUT2D eigenvalue weighted by molar-refractivity contribution is 14.1. The predicted molar refractivity (Wildman–Crippen MR) is 46.7 cm³/mol. The molecule has 0 aliphatic carbocycles. The average molecular weight is 258 g/mol. The van der Waals surface area contributed by atoms with E-state index in [0.29, 0.717) is 0 Å². The van der Waals surface area contributed by atoms with E-state index < -0.39 is 6.16 Å². The van der Waals surface area contributed by atoms with Gasteiger partial charge < -0.3 is 9.84 Å². The Kier molecular flexibility index (Phi) is 4.76. The second kappa shape index (κ2) is 4.76. The minimum Gasteiger partial charge on any atom is -0.450 e. The van der Waals surface area contributed by atoms with Crippen molar-refractivity contribution in [3.8, 4) is 0 Å². The molecule has 0 spiro atoms. The summed E-state index contributed by atoms with van der Waals surface area (Å²) >= 11 is 2.18. The molecule has 0 fully saturated rings. The normalized spacial score (nSPS) is 15.9. The minimum absolute atomic E-state index is 0.205. The van der Waals surface area contributed by atoms with Crippen LogP contribution in [-0.4, -0.2) is 21.3 Å². The van der Waals surface area contributed by atoms with Crippen molar-refractivity contribution in [1.82, 2.24) is 0 Å². The van der Waals surface area contributed by atoms with E-state index >= 15 is 0 Å². The summed E-state index contributed by atoms with van der Waals surface area (Å²) in [6, 6.07) is 0. The molecule has 10 heavy (non-hydrogen) atoms. The molecule has 0 heterocycles. The molecule has 0 bridgehead atoms. The number of carbonyl (C=O) groups is 1. The third-order valence-electron chi connectivity index (χ3n) is 1.19. The summed E-state index contributed by atoms with van der Waals surface area (Å²) in [5.74, 6) is 0. The quantitative estimate of drug-likeness (QED) is 0.480. The molecule has 2 atom stereocenters. The molecule has 0 saturated heterocycles. The lowest BCUT2D eigenvalue weighted by Crippen LogP contribution is -2.22. The second-order valence-corrected chi connectivity index (χ2v) is 3.61. The molecule has 3 nitrogen and oxygen atoms in total. The van der Waals surface area contributed by atoms with Crippen molar-refractivity contribution in [2.75, 3.05) is 0 Å². The highest BCUT2D eigenvalue weighted by atomic mass is 127. The molecule has 2 unspecified atom stereocenters. The van der Waals surface area contributed by atoms with Gasteiger partial charge in [0.2, 0.25) is 0 Å². The number of hydrogen-bond donors (Lipinski definition) is 1. The highest BCUT2D eigenvalue weighted by Gasteiger charge is 2.14. The van der Waals surface area contributed by atoms with Crippen LogP contribution in [0.2, 0.25) is 0 Å². The van der Waals surface area contributed by atoms with E-state index in [1.807, 2.05) is 6.92 Å². The van der Waals surface area contributed by atoms with Crippen molar-refractivity contribution in [2.45, 2.75) is 30.3 Å². The van der Waals surface area contributed by atoms with E-state index in [4.69, 9.17) is 5.11 Å². The third kappa shape index (κ3) is 3.92. The van der Waals surface area contributed by atoms with Crippen LogP contribution in [0, 0.1) is 0 Å². The average Bonchev–Trinajstić information content (AvgIpc) is 1.85. The van der Waals surface area contributed by atoms with Gasteiger partial charge in [-0.05, 0) is 13.3 Å². The van der Waals surface area contributed by atoms with E-state index in [9.17, 15) is 4.79 Å². The smallest absolute Gasteiger partial charge is 0.450 e. The van der Waals surface area contributed by atoms with Gasteiger partial charge in [-0.2, -0.15) is 0 Å². The zero-order valence-corrected chi connectivity index (χ0v) is 8.16. The van der Waals surface area contributed by atoms with Gasteiger partial charge in [0.25, 0.3) is 0 Å². The van der Waals surface area contributed by atoms with Gasteiger partial charge in [-0.1, -0.05) is 29.5 Å². The molecule has 0 aliphatic heterocycles. The molecule has 60 valence electrons. The van der Waals surface area contributed by atoms with Crippen LogP contribution in [0.25, 0.3) is 0 Å². The van der Waals surface area contributed by atoms with E-state index in [0.717, 1.165) is 6.42 Å². The molecule has 1 N–H and O–H groups in total. The monoisotopic (exact) mass is 258 g/mol. The zero-order chi connectivity index (χ0) is 8.15. The molecule has 0 amide bonds. The molecule has 0 radical (unpaired) electrons. The summed E-state index contributed by atoms with van der Waals surface area (Å²) in [7, 11) is 0. The molecular formula is C6H11IO3. The Morgan fingerprint density at radius 2 is 2.30 bits per heavy atom. The van der Waals surface area contributed by atoms with Crippen LogP contribution in [0.3, 0.4) is 0 Å². The van der Waals surface area contributed by atoms with Crippen molar-refractivity contribution in [3.63, 3.8) is 0 Å². The van der Waals surface area contributed by atoms with E-state index in [-0.39, 0.29) is 10.0 Å². The van der Waals surface area contributed by atoms with Crippen molar-refractivity contribution < 1.29 is 14.6 Å². The van der Waals surface area contributed by atoms with Gasteiger partial charge in [0, 0.05) is 3.92 Å². The van der Waals surface area contributed by atoms with Crippen molar-refractivity contribution in [3.05, 3.63) is 0 Å². The first-order chi connectivity index (χ1) is 4.57. The summed E-state index contributed by atoms with van der Waals surface area (Å²) in [5, 5.41) is 8.20. The molecule has 4 heteroatoms. The molecule has 0 saturated carbocycles. The van der Waals surface area contributed by atoms with Gasteiger partial charge in [0.05, 0.1) is 0 Å². The minimum atomic E-state index is -1.19. The predicted octanol–water partition coefficient (Wildman–Crippen LogP) is 2.28. The fraction of sp³-hybridized carbons (Fsp3) is 0.833. The van der Waals surface area contributed by atoms with Gasteiger partial charge in [-0.15, -0.1) is 0 Å². The first-order valence-electron chi connectivity index (χ1n) is 3.11. The molecule has 0 aromatic heterocycles. The fourth-order valence-corrected chi connectivity index (χ4v) is 0.712. The van der Waals surface area contributed by atoms with Crippen LogP contribution in [0.1, 0.15) is 20.3 Å². The lowest BCUT2D eigenvalue weighted by Gasteiger charge is -2.14. The van der Waals surface area contributed by atoms with Crippen LogP contribution in [0.15, 0.2) is 0 Å². The van der Waals surface area contributed by atoms with Crippen LogP contribution in [-0.2, 0) is 4.74 Å². The SMILES string of the molecule is CCC(I)C(C)OC(=O)O. The maximum Gasteiger partial charge on any atom is 0.506 e. The van der Waals surface area contributed by atoms with Crippen LogP contribution >= 0.6 is 22.6 Å². The first kappa shape index (κ1) is 10.0. The number of rotatable bonds is 3. The number of carboxylic acid groups (broad SMARTS) is 1. The second-order valence-electron chi connectivity index (χ2n) is 2.01. The Morgan fingerprint density at radius 3 is 2.60 bits per heavy atom. The number of alkyl halides is 1. The summed E-state index contributed by atoms with van der Waals surface area (Å²) in [6.45, 7) is 3.76.